The zero-order valence-corrected chi connectivity index (χ0v) is 12.9. The van der Waals surface area contributed by atoms with Crippen LogP contribution in [0.5, 0.6) is 11.5 Å². The molecule has 0 aliphatic rings. The Morgan fingerprint density at radius 1 is 0.708 bits per heavy atom. The predicted molar refractivity (Wildman–Crippen MR) is 93.3 cm³/mol. The summed E-state index contributed by atoms with van der Waals surface area (Å²) in [6.07, 6.45) is 5.46. The van der Waals surface area contributed by atoms with Crippen molar-refractivity contribution in [2.75, 3.05) is 0 Å². The van der Waals surface area contributed by atoms with Crippen LogP contribution >= 0.6 is 0 Å². The minimum atomic E-state index is 0.804. The highest BCUT2D eigenvalue weighted by Gasteiger charge is 2.04. The number of hydrogen-bond acceptors (Lipinski definition) is 3. The summed E-state index contributed by atoms with van der Waals surface area (Å²) >= 11 is 0. The van der Waals surface area contributed by atoms with Crippen LogP contribution in [0.2, 0.25) is 0 Å². The molecular weight excluding hydrogens is 298 g/mol. The zero-order chi connectivity index (χ0) is 16.2. The monoisotopic (exact) mass is 313 g/mol. The molecule has 0 aliphatic carbocycles. The van der Waals surface area contributed by atoms with Gasteiger partial charge in [0, 0.05) is 24.2 Å². The van der Waals surface area contributed by atoms with E-state index in [1.54, 1.807) is 12.4 Å². The van der Waals surface area contributed by atoms with Crippen LogP contribution in [0, 0.1) is 0 Å². The van der Waals surface area contributed by atoms with Crippen molar-refractivity contribution >= 4 is 0 Å². The highest BCUT2D eigenvalue weighted by molar-refractivity contribution is 5.60. The van der Waals surface area contributed by atoms with E-state index >= 15 is 0 Å². The first-order valence-corrected chi connectivity index (χ1v) is 7.68. The van der Waals surface area contributed by atoms with Crippen molar-refractivity contribution in [1.82, 2.24) is 14.8 Å². The third kappa shape index (κ3) is 3.03. The minimum Gasteiger partial charge on any atom is -0.457 e. The Hall–Kier alpha value is -3.40. The van der Waals surface area contributed by atoms with Crippen LogP contribution in [0.25, 0.3) is 16.9 Å². The SMILES string of the molecule is c1ccc(Oc2ccc(-c3ccn(-c4ccncc4)n3)cc2)cc1. The first-order valence-electron chi connectivity index (χ1n) is 7.68. The molecule has 0 saturated heterocycles. The van der Waals surface area contributed by atoms with E-state index in [2.05, 4.69) is 10.1 Å². The van der Waals surface area contributed by atoms with Crippen molar-refractivity contribution in [3.8, 4) is 28.4 Å². The second kappa shape index (κ2) is 6.38. The van der Waals surface area contributed by atoms with Crippen LogP contribution in [0.15, 0.2) is 91.4 Å². The predicted octanol–water partition coefficient (Wildman–Crippen LogP) is 4.73. The molecule has 0 atom stereocenters. The van der Waals surface area contributed by atoms with Gasteiger partial charge in [-0.3, -0.25) is 4.98 Å². The number of pyridine rings is 1. The van der Waals surface area contributed by atoms with E-state index in [1.165, 1.54) is 0 Å². The molecule has 4 aromatic rings. The lowest BCUT2D eigenvalue weighted by molar-refractivity contribution is 0.483. The van der Waals surface area contributed by atoms with E-state index < -0.39 is 0 Å². The summed E-state index contributed by atoms with van der Waals surface area (Å²) in [6, 6.07) is 23.5. The lowest BCUT2D eigenvalue weighted by Crippen LogP contribution is -1.94. The van der Waals surface area contributed by atoms with Crippen molar-refractivity contribution in [2.45, 2.75) is 0 Å². The van der Waals surface area contributed by atoms with Gasteiger partial charge in [0.15, 0.2) is 0 Å². The van der Waals surface area contributed by atoms with E-state index in [4.69, 9.17) is 4.74 Å². The van der Waals surface area contributed by atoms with Gasteiger partial charge in [-0.15, -0.1) is 0 Å². The van der Waals surface area contributed by atoms with E-state index in [-0.39, 0.29) is 0 Å². The summed E-state index contributed by atoms with van der Waals surface area (Å²) in [5.41, 5.74) is 2.95. The second-order valence-electron chi connectivity index (χ2n) is 5.29. The molecule has 0 aliphatic heterocycles. The molecule has 4 rings (SSSR count). The average Bonchev–Trinajstić information content (AvgIpc) is 3.14. The molecule has 0 spiro atoms. The maximum atomic E-state index is 5.81. The van der Waals surface area contributed by atoms with E-state index in [0.29, 0.717) is 0 Å². The van der Waals surface area contributed by atoms with Gasteiger partial charge in [-0.1, -0.05) is 18.2 Å². The summed E-state index contributed by atoms with van der Waals surface area (Å²) in [5.74, 6) is 1.63. The molecule has 24 heavy (non-hydrogen) atoms. The van der Waals surface area contributed by atoms with Gasteiger partial charge in [-0.05, 0) is 54.6 Å². The van der Waals surface area contributed by atoms with Gasteiger partial charge >= 0.3 is 0 Å². The molecule has 0 unspecified atom stereocenters. The van der Waals surface area contributed by atoms with Gasteiger partial charge in [0.05, 0.1) is 11.4 Å². The number of rotatable bonds is 4. The molecular formula is C20H15N3O. The lowest BCUT2D eigenvalue weighted by atomic mass is 10.1. The summed E-state index contributed by atoms with van der Waals surface area (Å²) in [6.45, 7) is 0. The average molecular weight is 313 g/mol. The van der Waals surface area contributed by atoms with Crippen molar-refractivity contribution in [3.05, 3.63) is 91.4 Å². The van der Waals surface area contributed by atoms with Crippen LogP contribution in [-0.4, -0.2) is 14.8 Å². The van der Waals surface area contributed by atoms with Crippen molar-refractivity contribution in [2.24, 2.45) is 0 Å². The summed E-state index contributed by atoms with van der Waals surface area (Å²) < 4.78 is 7.65. The van der Waals surface area contributed by atoms with Crippen molar-refractivity contribution < 1.29 is 4.74 Å². The van der Waals surface area contributed by atoms with Crippen LogP contribution in [0.4, 0.5) is 0 Å². The van der Waals surface area contributed by atoms with Gasteiger partial charge in [0.1, 0.15) is 11.5 Å². The Labute approximate surface area is 140 Å². The molecule has 2 aromatic heterocycles. The first-order chi connectivity index (χ1) is 11.9. The third-order valence-electron chi connectivity index (χ3n) is 3.65. The lowest BCUT2D eigenvalue weighted by Gasteiger charge is -2.06. The van der Waals surface area contributed by atoms with Crippen LogP contribution in [0.1, 0.15) is 0 Å². The van der Waals surface area contributed by atoms with Crippen molar-refractivity contribution in [3.63, 3.8) is 0 Å². The molecule has 2 heterocycles. The van der Waals surface area contributed by atoms with Gasteiger partial charge in [0.25, 0.3) is 0 Å². The molecule has 0 bridgehead atoms. The third-order valence-corrected chi connectivity index (χ3v) is 3.65. The number of aromatic nitrogens is 3. The highest BCUT2D eigenvalue weighted by atomic mass is 16.5. The number of hydrogen-bond donors (Lipinski definition) is 0. The van der Waals surface area contributed by atoms with Crippen LogP contribution in [0.3, 0.4) is 0 Å². The molecule has 0 amide bonds. The van der Waals surface area contributed by atoms with Gasteiger partial charge < -0.3 is 4.74 Å². The quantitative estimate of drug-likeness (QED) is 0.547. The zero-order valence-electron chi connectivity index (χ0n) is 12.9. The van der Waals surface area contributed by atoms with Gasteiger partial charge in [0.2, 0.25) is 0 Å². The van der Waals surface area contributed by atoms with Crippen LogP contribution < -0.4 is 4.74 Å². The molecule has 0 saturated carbocycles. The number of benzene rings is 2. The normalized spacial score (nSPS) is 10.5. The molecule has 0 N–H and O–H groups in total. The Balaban J connectivity index is 1.54. The molecule has 0 radical (unpaired) electrons. The maximum absolute atomic E-state index is 5.81. The topological polar surface area (TPSA) is 39.9 Å². The number of ether oxygens (including phenoxy) is 1. The second-order valence-corrected chi connectivity index (χ2v) is 5.29. The summed E-state index contributed by atoms with van der Waals surface area (Å²) in [7, 11) is 0. The Bertz CT molecular complexity index is 916. The van der Waals surface area contributed by atoms with Gasteiger partial charge in [-0.25, -0.2) is 4.68 Å². The fraction of sp³-hybridized carbons (Fsp3) is 0. The number of para-hydroxylation sites is 1. The molecule has 4 nitrogen and oxygen atoms in total. The standard InChI is InChI=1S/C20H15N3O/c1-2-4-18(5-3-1)24-19-8-6-16(7-9-19)20-12-15-23(22-20)17-10-13-21-14-11-17/h1-15H. The maximum Gasteiger partial charge on any atom is 0.127 e. The first kappa shape index (κ1) is 14.2. The Kier molecular flexibility index (Phi) is 3.78. The molecule has 0 fully saturated rings. The fourth-order valence-electron chi connectivity index (χ4n) is 2.44. The molecule has 4 heteroatoms. The smallest absolute Gasteiger partial charge is 0.127 e. The fourth-order valence-corrected chi connectivity index (χ4v) is 2.44. The molecule has 116 valence electrons. The Morgan fingerprint density at radius 3 is 2.17 bits per heavy atom. The summed E-state index contributed by atoms with van der Waals surface area (Å²) in [4.78, 5) is 4.02. The minimum absolute atomic E-state index is 0.804. The van der Waals surface area contributed by atoms with E-state index in [9.17, 15) is 0 Å². The largest absolute Gasteiger partial charge is 0.457 e. The van der Waals surface area contributed by atoms with Crippen molar-refractivity contribution in [1.29, 1.82) is 0 Å². The van der Waals surface area contributed by atoms with E-state index in [1.807, 2.05) is 83.7 Å². The Morgan fingerprint density at radius 2 is 1.42 bits per heavy atom. The van der Waals surface area contributed by atoms with E-state index in [0.717, 1.165) is 28.4 Å². The highest BCUT2D eigenvalue weighted by Crippen LogP contribution is 2.25. The summed E-state index contributed by atoms with van der Waals surface area (Å²) in [5, 5.41) is 4.61. The molecule has 2 aromatic carbocycles. The number of nitrogens with zero attached hydrogens (tertiary/aromatic N) is 3. The van der Waals surface area contributed by atoms with Crippen LogP contribution in [-0.2, 0) is 0 Å². The van der Waals surface area contributed by atoms with Gasteiger partial charge in [-0.2, -0.15) is 5.10 Å².